The molecule has 5 nitrogen and oxygen atoms in total. The van der Waals surface area contributed by atoms with E-state index in [1.54, 1.807) is 0 Å². The fraction of sp³-hybridized carbons (Fsp3) is 0.333. The molecule has 1 fully saturated rings. The SMILES string of the molecule is O=C(Cc1cocn1)Nc1ccc(N2CCCC2)cc1. The number of carbonyl (C=O) groups is 1. The maximum absolute atomic E-state index is 11.8. The molecule has 1 saturated heterocycles. The largest absolute Gasteiger partial charge is 0.451 e. The summed E-state index contributed by atoms with van der Waals surface area (Å²) in [5.41, 5.74) is 2.66. The molecule has 0 aliphatic carbocycles. The molecule has 0 spiro atoms. The van der Waals surface area contributed by atoms with Gasteiger partial charge >= 0.3 is 0 Å². The third kappa shape index (κ3) is 2.99. The average molecular weight is 271 g/mol. The highest BCUT2D eigenvalue weighted by Crippen LogP contribution is 2.22. The van der Waals surface area contributed by atoms with Crippen molar-refractivity contribution in [3.63, 3.8) is 0 Å². The van der Waals surface area contributed by atoms with Crippen molar-refractivity contribution in [1.82, 2.24) is 4.98 Å². The van der Waals surface area contributed by atoms with Gasteiger partial charge in [0.1, 0.15) is 6.26 Å². The van der Waals surface area contributed by atoms with Gasteiger partial charge in [0.05, 0.1) is 12.1 Å². The van der Waals surface area contributed by atoms with Crippen molar-refractivity contribution in [1.29, 1.82) is 0 Å². The molecule has 1 aromatic carbocycles. The lowest BCUT2D eigenvalue weighted by atomic mass is 10.2. The Labute approximate surface area is 117 Å². The van der Waals surface area contributed by atoms with Crippen LogP contribution in [0.2, 0.25) is 0 Å². The van der Waals surface area contributed by atoms with Crippen LogP contribution >= 0.6 is 0 Å². The highest BCUT2D eigenvalue weighted by molar-refractivity contribution is 5.92. The van der Waals surface area contributed by atoms with E-state index in [4.69, 9.17) is 4.42 Å². The Morgan fingerprint density at radius 3 is 2.65 bits per heavy atom. The lowest BCUT2D eigenvalue weighted by molar-refractivity contribution is -0.115. The summed E-state index contributed by atoms with van der Waals surface area (Å²) in [5, 5.41) is 2.86. The van der Waals surface area contributed by atoms with E-state index in [1.165, 1.54) is 31.2 Å². The number of hydrogen-bond donors (Lipinski definition) is 1. The summed E-state index contributed by atoms with van der Waals surface area (Å²) in [6.07, 6.45) is 5.56. The van der Waals surface area contributed by atoms with Gasteiger partial charge in [-0.25, -0.2) is 4.98 Å². The van der Waals surface area contributed by atoms with Gasteiger partial charge in [0.25, 0.3) is 0 Å². The summed E-state index contributed by atoms with van der Waals surface area (Å²) >= 11 is 0. The summed E-state index contributed by atoms with van der Waals surface area (Å²) in [7, 11) is 0. The second-order valence-electron chi connectivity index (χ2n) is 4.95. The molecular weight excluding hydrogens is 254 g/mol. The van der Waals surface area contributed by atoms with Gasteiger partial charge in [0.2, 0.25) is 5.91 Å². The Kier molecular flexibility index (Phi) is 3.67. The molecular formula is C15H17N3O2. The van der Waals surface area contributed by atoms with E-state index in [1.807, 2.05) is 12.1 Å². The second kappa shape index (κ2) is 5.77. The highest BCUT2D eigenvalue weighted by Gasteiger charge is 2.12. The molecule has 0 atom stereocenters. The van der Waals surface area contributed by atoms with Crippen molar-refractivity contribution in [3.8, 4) is 0 Å². The molecule has 104 valence electrons. The summed E-state index contributed by atoms with van der Waals surface area (Å²) in [5.74, 6) is -0.0900. The maximum atomic E-state index is 11.8. The number of nitrogens with one attached hydrogen (secondary N) is 1. The van der Waals surface area contributed by atoms with Crippen LogP contribution < -0.4 is 10.2 Å². The second-order valence-corrected chi connectivity index (χ2v) is 4.95. The molecule has 0 bridgehead atoms. The van der Waals surface area contributed by atoms with Crippen LogP contribution in [0.3, 0.4) is 0 Å². The number of hydrogen-bond acceptors (Lipinski definition) is 4. The van der Waals surface area contributed by atoms with Crippen molar-refractivity contribution in [2.24, 2.45) is 0 Å². The zero-order chi connectivity index (χ0) is 13.8. The fourth-order valence-corrected chi connectivity index (χ4v) is 2.43. The third-order valence-electron chi connectivity index (χ3n) is 3.45. The Morgan fingerprint density at radius 1 is 1.25 bits per heavy atom. The number of rotatable bonds is 4. The van der Waals surface area contributed by atoms with Crippen LogP contribution in [0.25, 0.3) is 0 Å². The molecule has 1 amide bonds. The van der Waals surface area contributed by atoms with E-state index in [-0.39, 0.29) is 12.3 Å². The van der Waals surface area contributed by atoms with Crippen LogP contribution in [-0.4, -0.2) is 24.0 Å². The zero-order valence-corrected chi connectivity index (χ0v) is 11.2. The Morgan fingerprint density at radius 2 is 2.00 bits per heavy atom. The number of aromatic nitrogens is 1. The standard InChI is InChI=1S/C15H17N3O2/c19-15(9-13-10-20-11-16-13)17-12-3-5-14(6-4-12)18-7-1-2-8-18/h3-6,10-11H,1-2,7-9H2,(H,17,19). The third-order valence-corrected chi connectivity index (χ3v) is 3.45. The van der Waals surface area contributed by atoms with E-state index in [0.717, 1.165) is 18.8 Å². The number of nitrogens with zero attached hydrogens (tertiary/aromatic N) is 2. The van der Waals surface area contributed by atoms with Crippen molar-refractivity contribution in [2.75, 3.05) is 23.3 Å². The molecule has 20 heavy (non-hydrogen) atoms. The van der Waals surface area contributed by atoms with E-state index in [0.29, 0.717) is 5.69 Å². The number of oxazole rings is 1. The quantitative estimate of drug-likeness (QED) is 0.928. The van der Waals surface area contributed by atoms with Crippen molar-refractivity contribution in [3.05, 3.63) is 42.6 Å². The Bertz CT molecular complexity index is 557. The Hall–Kier alpha value is -2.30. The minimum Gasteiger partial charge on any atom is -0.451 e. The summed E-state index contributed by atoms with van der Waals surface area (Å²) in [6, 6.07) is 7.98. The lowest BCUT2D eigenvalue weighted by Gasteiger charge is -2.17. The molecule has 0 saturated carbocycles. The molecule has 2 aromatic rings. The minimum atomic E-state index is -0.0900. The van der Waals surface area contributed by atoms with Crippen LogP contribution in [0.4, 0.5) is 11.4 Å². The van der Waals surface area contributed by atoms with Crippen molar-refractivity contribution >= 4 is 17.3 Å². The highest BCUT2D eigenvalue weighted by atomic mass is 16.3. The van der Waals surface area contributed by atoms with Crippen LogP contribution in [0.5, 0.6) is 0 Å². The van der Waals surface area contributed by atoms with Gasteiger partial charge in [0, 0.05) is 24.5 Å². The maximum Gasteiger partial charge on any atom is 0.230 e. The minimum absolute atomic E-state index is 0.0900. The van der Waals surface area contributed by atoms with Gasteiger partial charge in [-0.2, -0.15) is 0 Å². The van der Waals surface area contributed by atoms with Crippen LogP contribution in [-0.2, 0) is 11.2 Å². The summed E-state index contributed by atoms with van der Waals surface area (Å²) in [6.45, 7) is 2.25. The summed E-state index contributed by atoms with van der Waals surface area (Å²) < 4.78 is 4.84. The van der Waals surface area contributed by atoms with Crippen molar-refractivity contribution in [2.45, 2.75) is 19.3 Å². The molecule has 1 aromatic heterocycles. The van der Waals surface area contributed by atoms with Gasteiger partial charge in [-0.05, 0) is 37.1 Å². The predicted molar refractivity (Wildman–Crippen MR) is 76.7 cm³/mol. The molecule has 1 N–H and O–H groups in total. The van der Waals surface area contributed by atoms with Gasteiger partial charge in [-0.1, -0.05) is 0 Å². The molecule has 0 radical (unpaired) electrons. The first kappa shape index (κ1) is 12.7. The normalized spacial score (nSPS) is 14.5. The first-order valence-corrected chi connectivity index (χ1v) is 6.83. The van der Waals surface area contributed by atoms with E-state index >= 15 is 0 Å². The fourth-order valence-electron chi connectivity index (χ4n) is 2.43. The van der Waals surface area contributed by atoms with Gasteiger partial charge in [-0.3, -0.25) is 4.79 Å². The van der Waals surface area contributed by atoms with Gasteiger partial charge in [-0.15, -0.1) is 0 Å². The first-order chi connectivity index (χ1) is 9.81. The van der Waals surface area contributed by atoms with Gasteiger partial charge in [0.15, 0.2) is 6.39 Å². The number of benzene rings is 1. The topological polar surface area (TPSA) is 58.4 Å². The van der Waals surface area contributed by atoms with Crippen LogP contribution in [0.1, 0.15) is 18.5 Å². The number of carbonyl (C=O) groups excluding carboxylic acids is 1. The van der Waals surface area contributed by atoms with Crippen molar-refractivity contribution < 1.29 is 9.21 Å². The molecule has 1 aliphatic rings. The molecule has 1 aliphatic heterocycles. The molecule has 3 rings (SSSR count). The summed E-state index contributed by atoms with van der Waals surface area (Å²) in [4.78, 5) is 18.1. The van der Waals surface area contributed by atoms with Crippen LogP contribution in [0.15, 0.2) is 41.3 Å². The predicted octanol–water partition coefficient (Wildman–Crippen LogP) is 2.46. The monoisotopic (exact) mass is 271 g/mol. The molecule has 5 heteroatoms. The molecule has 0 unspecified atom stereocenters. The van der Waals surface area contributed by atoms with E-state index in [2.05, 4.69) is 27.3 Å². The van der Waals surface area contributed by atoms with E-state index in [9.17, 15) is 4.79 Å². The number of amides is 1. The zero-order valence-electron chi connectivity index (χ0n) is 11.2. The average Bonchev–Trinajstić information content (AvgIpc) is 3.12. The number of anilines is 2. The molecule has 2 heterocycles. The Balaban J connectivity index is 1.58. The van der Waals surface area contributed by atoms with E-state index < -0.39 is 0 Å². The first-order valence-electron chi connectivity index (χ1n) is 6.83. The smallest absolute Gasteiger partial charge is 0.230 e. The lowest BCUT2D eigenvalue weighted by Crippen LogP contribution is -2.18. The van der Waals surface area contributed by atoms with Crippen LogP contribution in [0, 0.1) is 0 Å². The van der Waals surface area contributed by atoms with Gasteiger partial charge < -0.3 is 14.6 Å².